The van der Waals surface area contributed by atoms with Gasteiger partial charge in [-0.3, -0.25) is 10.2 Å². The molecule has 0 aliphatic carbocycles. The van der Waals surface area contributed by atoms with Crippen molar-refractivity contribution >= 4 is 17.8 Å². The molecule has 3 saturated heterocycles. The molecular weight excluding hydrogens is 530 g/mol. The molecule has 3 aliphatic rings. The summed E-state index contributed by atoms with van der Waals surface area (Å²) in [6.45, 7) is 9.50. The van der Waals surface area contributed by atoms with Gasteiger partial charge in [0.1, 0.15) is 11.8 Å². The SMILES string of the molecule is CC1(O)CCCCN1CCCN1CCN(CCCN2CCC(OC(=O)Nc3ccccc3-c3ccccc3)CC2)C1=O. The lowest BCUT2D eigenvalue weighted by Crippen LogP contribution is -2.50. The number of urea groups is 1. The van der Waals surface area contributed by atoms with Gasteiger partial charge >= 0.3 is 12.1 Å². The first-order valence-electron chi connectivity index (χ1n) is 15.7. The number of rotatable bonds is 11. The molecule has 9 nitrogen and oxygen atoms in total. The number of aliphatic hydroxyl groups is 1. The first kappa shape index (κ1) is 30.3. The number of hydrogen-bond acceptors (Lipinski definition) is 6. The van der Waals surface area contributed by atoms with E-state index in [1.54, 1.807) is 0 Å². The van der Waals surface area contributed by atoms with Gasteiger partial charge in [0.05, 0.1) is 5.69 Å². The van der Waals surface area contributed by atoms with Crippen molar-refractivity contribution in [3.8, 4) is 11.1 Å². The lowest BCUT2D eigenvalue weighted by atomic mass is 10.00. The molecule has 3 heterocycles. The van der Waals surface area contributed by atoms with Crippen LogP contribution in [0, 0.1) is 0 Å². The van der Waals surface area contributed by atoms with E-state index in [0.29, 0.717) is 0 Å². The molecule has 2 aromatic rings. The number of nitrogens with one attached hydrogen (secondary N) is 1. The first-order valence-corrected chi connectivity index (χ1v) is 15.7. The Morgan fingerprint density at radius 3 is 2.26 bits per heavy atom. The first-order chi connectivity index (χ1) is 20.4. The molecule has 3 amide bonds. The van der Waals surface area contributed by atoms with E-state index in [1.807, 2.05) is 71.3 Å². The highest BCUT2D eigenvalue weighted by Gasteiger charge is 2.32. The molecule has 228 valence electrons. The molecule has 1 atom stereocenters. The van der Waals surface area contributed by atoms with Gasteiger partial charge in [-0.15, -0.1) is 0 Å². The second-order valence-corrected chi connectivity index (χ2v) is 12.1. The van der Waals surface area contributed by atoms with Gasteiger partial charge < -0.3 is 24.5 Å². The zero-order valence-electron chi connectivity index (χ0n) is 25.0. The Hall–Kier alpha value is -3.14. The lowest BCUT2D eigenvalue weighted by Gasteiger charge is -2.41. The van der Waals surface area contributed by atoms with Gasteiger partial charge in [-0.2, -0.15) is 0 Å². The normalized spacial score (nSPS) is 22.5. The van der Waals surface area contributed by atoms with Crippen molar-refractivity contribution in [2.24, 2.45) is 0 Å². The Morgan fingerprint density at radius 2 is 1.55 bits per heavy atom. The van der Waals surface area contributed by atoms with Crippen LogP contribution < -0.4 is 5.32 Å². The summed E-state index contributed by atoms with van der Waals surface area (Å²) < 4.78 is 5.78. The van der Waals surface area contributed by atoms with Gasteiger partial charge in [-0.25, -0.2) is 9.59 Å². The van der Waals surface area contributed by atoms with Gasteiger partial charge in [-0.05, 0) is 70.0 Å². The maximum absolute atomic E-state index is 12.9. The molecule has 3 aliphatic heterocycles. The number of nitrogens with zero attached hydrogens (tertiary/aromatic N) is 4. The third kappa shape index (κ3) is 8.02. The van der Waals surface area contributed by atoms with E-state index >= 15 is 0 Å². The number of hydrogen-bond donors (Lipinski definition) is 2. The minimum absolute atomic E-state index is 0.0903. The van der Waals surface area contributed by atoms with E-state index < -0.39 is 11.8 Å². The molecule has 2 N–H and O–H groups in total. The van der Waals surface area contributed by atoms with Gasteiger partial charge in [-0.1, -0.05) is 48.5 Å². The predicted octanol–water partition coefficient (Wildman–Crippen LogP) is 5.08. The van der Waals surface area contributed by atoms with E-state index in [2.05, 4.69) is 15.1 Å². The third-order valence-electron chi connectivity index (χ3n) is 9.01. The average molecular weight is 578 g/mol. The van der Waals surface area contributed by atoms with Crippen LogP contribution in [0.1, 0.15) is 51.9 Å². The maximum atomic E-state index is 12.9. The van der Waals surface area contributed by atoms with Crippen LogP contribution >= 0.6 is 0 Å². The number of ether oxygens (including phenoxy) is 1. The van der Waals surface area contributed by atoms with Crippen LogP contribution in [0.15, 0.2) is 54.6 Å². The Kier molecular flexibility index (Phi) is 10.4. The van der Waals surface area contributed by atoms with Crippen LogP contribution in [0.2, 0.25) is 0 Å². The molecule has 0 radical (unpaired) electrons. The fourth-order valence-corrected chi connectivity index (χ4v) is 6.50. The van der Waals surface area contributed by atoms with Crippen LogP contribution in [0.5, 0.6) is 0 Å². The molecule has 0 bridgehead atoms. The minimum atomic E-state index is -0.707. The van der Waals surface area contributed by atoms with Gasteiger partial charge in [0, 0.05) is 57.9 Å². The third-order valence-corrected chi connectivity index (χ3v) is 9.01. The highest BCUT2D eigenvalue weighted by Crippen LogP contribution is 2.28. The summed E-state index contributed by atoms with van der Waals surface area (Å²) in [6.07, 6.45) is 6.01. The van der Waals surface area contributed by atoms with Crippen LogP contribution in [0.25, 0.3) is 11.1 Å². The zero-order chi connectivity index (χ0) is 29.4. The van der Waals surface area contributed by atoms with Crippen molar-refractivity contribution in [2.45, 2.75) is 63.7 Å². The van der Waals surface area contributed by atoms with Gasteiger partial charge in [0.2, 0.25) is 0 Å². The fraction of sp³-hybridized carbons (Fsp3) is 0.576. The molecule has 5 rings (SSSR count). The molecule has 42 heavy (non-hydrogen) atoms. The van der Waals surface area contributed by atoms with Crippen LogP contribution in [-0.4, -0.2) is 108 Å². The van der Waals surface area contributed by atoms with E-state index in [1.165, 1.54) is 0 Å². The molecule has 0 saturated carbocycles. The number of carbonyl (C=O) groups excluding carboxylic acids is 2. The van der Waals surface area contributed by atoms with Crippen molar-refractivity contribution in [1.82, 2.24) is 19.6 Å². The van der Waals surface area contributed by atoms with E-state index in [4.69, 9.17) is 4.74 Å². The predicted molar refractivity (Wildman–Crippen MR) is 165 cm³/mol. The summed E-state index contributed by atoms with van der Waals surface area (Å²) >= 11 is 0. The Morgan fingerprint density at radius 1 is 0.881 bits per heavy atom. The van der Waals surface area contributed by atoms with Gasteiger partial charge in [0.15, 0.2) is 0 Å². The monoisotopic (exact) mass is 577 g/mol. The maximum Gasteiger partial charge on any atom is 0.411 e. The van der Waals surface area contributed by atoms with Crippen molar-refractivity contribution in [1.29, 1.82) is 0 Å². The van der Waals surface area contributed by atoms with Crippen molar-refractivity contribution in [3.05, 3.63) is 54.6 Å². The summed E-state index contributed by atoms with van der Waals surface area (Å²) in [5, 5.41) is 13.5. The number of carbonyl (C=O) groups is 2. The second-order valence-electron chi connectivity index (χ2n) is 12.1. The summed E-state index contributed by atoms with van der Waals surface area (Å²) in [4.78, 5) is 34.1. The zero-order valence-corrected chi connectivity index (χ0v) is 25.0. The van der Waals surface area contributed by atoms with Crippen molar-refractivity contribution in [3.63, 3.8) is 0 Å². The molecule has 1 unspecified atom stereocenters. The molecule has 9 heteroatoms. The molecule has 0 aromatic heterocycles. The number of anilines is 1. The molecule has 3 fully saturated rings. The number of amides is 3. The summed E-state index contributed by atoms with van der Waals surface area (Å²) in [7, 11) is 0. The quantitative estimate of drug-likeness (QED) is 0.387. The van der Waals surface area contributed by atoms with Crippen LogP contribution in [0.3, 0.4) is 0 Å². The smallest absolute Gasteiger partial charge is 0.411 e. The van der Waals surface area contributed by atoms with Crippen LogP contribution in [-0.2, 0) is 4.74 Å². The lowest BCUT2D eigenvalue weighted by molar-refractivity contribution is -0.117. The second kappa shape index (κ2) is 14.4. The standard InChI is InChI=1S/C33H47N5O4/c1-33(41)17-7-8-21-38(33)22-10-20-37-26-25-36(32(37)40)19-9-18-35-23-15-28(16-24-35)42-31(39)34-30-14-6-5-13-29(30)27-11-3-2-4-12-27/h2-6,11-14,28,41H,7-10,15-26H2,1H3,(H,34,39). The highest BCUT2D eigenvalue weighted by atomic mass is 16.6. The van der Waals surface area contributed by atoms with Crippen LogP contribution in [0.4, 0.5) is 15.3 Å². The number of para-hydroxylation sites is 1. The van der Waals surface area contributed by atoms with Gasteiger partial charge in [0.25, 0.3) is 0 Å². The topological polar surface area (TPSA) is 88.6 Å². The molecular formula is C33H47N5O4. The summed E-state index contributed by atoms with van der Waals surface area (Å²) in [5.41, 5.74) is 2.06. The molecule has 2 aromatic carbocycles. The average Bonchev–Trinajstić information content (AvgIpc) is 3.34. The molecule has 0 spiro atoms. The van der Waals surface area contributed by atoms with E-state index in [9.17, 15) is 14.7 Å². The Balaban J connectivity index is 0.966. The van der Waals surface area contributed by atoms with E-state index in [-0.39, 0.29) is 12.1 Å². The minimum Gasteiger partial charge on any atom is -0.446 e. The van der Waals surface area contributed by atoms with E-state index in [0.717, 1.165) is 121 Å². The fourth-order valence-electron chi connectivity index (χ4n) is 6.50. The Labute approximate surface area is 250 Å². The Bertz CT molecular complexity index is 1170. The summed E-state index contributed by atoms with van der Waals surface area (Å²) in [6, 6.07) is 17.9. The number of benzene rings is 2. The number of likely N-dealkylation sites (tertiary alicyclic amines) is 2. The highest BCUT2D eigenvalue weighted by molar-refractivity contribution is 5.91. The number of piperidine rings is 2. The largest absolute Gasteiger partial charge is 0.446 e. The van der Waals surface area contributed by atoms with Crippen molar-refractivity contribution in [2.75, 3.05) is 64.2 Å². The summed E-state index contributed by atoms with van der Waals surface area (Å²) in [5.74, 6) is 0. The van der Waals surface area contributed by atoms with Crippen molar-refractivity contribution < 1.29 is 19.4 Å².